The second-order valence-corrected chi connectivity index (χ2v) is 7.85. The average molecular weight is 387 g/mol. The predicted molar refractivity (Wildman–Crippen MR) is 108 cm³/mol. The number of urea groups is 1. The minimum atomic E-state index is -0.492. The molecule has 2 amide bonds. The van der Waals surface area contributed by atoms with Crippen LogP contribution in [0.1, 0.15) is 55.3 Å². The maximum absolute atomic E-state index is 12.9. The minimum Gasteiger partial charge on any atom is -0.463 e. The van der Waals surface area contributed by atoms with Crippen molar-refractivity contribution in [3.8, 4) is 0 Å². The third kappa shape index (κ3) is 4.73. The number of carbonyl (C=O) groups is 2. The van der Waals surface area contributed by atoms with E-state index in [9.17, 15) is 9.59 Å². The van der Waals surface area contributed by atoms with Crippen molar-refractivity contribution in [2.45, 2.75) is 52.5 Å². The Morgan fingerprint density at radius 3 is 2.57 bits per heavy atom. The first-order valence-electron chi connectivity index (χ1n) is 10.4. The normalized spacial score (nSPS) is 21.0. The molecule has 3 N–H and O–H groups in total. The molecule has 0 aliphatic carbocycles. The zero-order valence-electron chi connectivity index (χ0n) is 17.2. The van der Waals surface area contributed by atoms with E-state index in [0.29, 0.717) is 24.4 Å². The highest BCUT2D eigenvalue weighted by atomic mass is 16.5. The Balaban J connectivity index is 2.02. The van der Waals surface area contributed by atoms with Gasteiger partial charge in [-0.25, -0.2) is 9.59 Å². The molecule has 2 heterocycles. The maximum atomic E-state index is 12.9. The molecule has 0 aromatic heterocycles. The summed E-state index contributed by atoms with van der Waals surface area (Å²) in [6.07, 6.45) is 4.88. The van der Waals surface area contributed by atoms with Gasteiger partial charge < -0.3 is 20.3 Å². The molecule has 1 saturated heterocycles. The summed E-state index contributed by atoms with van der Waals surface area (Å²) in [6.45, 7) is 8.91. The minimum absolute atomic E-state index is 0.261. The number of nitrogens with one attached hydrogen (secondary N) is 3. The van der Waals surface area contributed by atoms with Gasteiger partial charge in [-0.2, -0.15) is 0 Å². The third-order valence-electron chi connectivity index (χ3n) is 5.63. The van der Waals surface area contributed by atoms with Gasteiger partial charge in [0.05, 0.1) is 37.0 Å². The molecule has 0 unspecified atom stereocenters. The van der Waals surface area contributed by atoms with Gasteiger partial charge in [0.15, 0.2) is 0 Å². The van der Waals surface area contributed by atoms with Crippen molar-refractivity contribution in [1.29, 1.82) is 0 Å². The number of rotatable bonds is 5. The Morgan fingerprint density at radius 1 is 1.18 bits per heavy atom. The van der Waals surface area contributed by atoms with Crippen molar-refractivity contribution < 1.29 is 19.2 Å². The number of hydrogen-bond acceptors (Lipinski definition) is 3. The Labute approximate surface area is 167 Å². The van der Waals surface area contributed by atoms with Crippen molar-refractivity contribution in [3.05, 3.63) is 46.2 Å². The zero-order valence-corrected chi connectivity index (χ0v) is 17.2. The SMILES string of the molecule is CCOC(=O)C1=C(C[NH+]2CCCCCC2)NC(=O)N[C@@H]1c1cc(C)ccc1C. The van der Waals surface area contributed by atoms with E-state index in [0.717, 1.165) is 29.8 Å². The Hall–Kier alpha value is -2.34. The molecule has 0 saturated carbocycles. The fourth-order valence-electron chi connectivity index (χ4n) is 4.17. The summed E-state index contributed by atoms with van der Waals surface area (Å²) >= 11 is 0. The Morgan fingerprint density at radius 2 is 1.89 bits per heavy atom. The van der Waals surface area contributed by atoms with Crippen LogP contribution in [-0.2, 0) is 9.53 Å². The van der Waals surface area contributed by atoms with Gasteiger partial charge in [0, 0.05) is 0 Å². The number of esters is 1. The number of amides is 2. The van der Waals surface area contributed by atoms with Crippen LogP contribution < -0.4 is 15.5 Å². The number of quaternary nitrogens is 1. The maximum Gasteiger partial charge on any atom is 0.338 e. The van der Waals surface area contributed by atoms with Crippen molar-refractivity contribution in [3.63, 3.8) is 0 Å². The second-order valence-electron chi connectivity index (χ2n) is 7.85. The van der Waals surface area contributed by atoms with Gasteiger partial charge in [0.1, 0.15) is 6.54 Å². The lowest BCUT2D eigenvalue weighted by molar-refractivity contribution is -0.894. The molecule has 0 radical (unpaired) electrons. The highest BCUT2D eigenvalue weighted by Crippen LogP contribution is 2.30. The molecule has 6 heteroatoms. The number of likely N-dealkylation sites (tertiary alicyclic amines) is 1. The molecule has 2 aliphatic heterocycles. The van der Waals surface area contributed by atoms with Crippen LogP contribution in [-0.4, -0.2) is 38.2 Å². The van der Waals surface area contributed by atoms with Gasteiger partial charge in [-0.1, -0.05) is 23.8 Å². The largest absolute Gasteiger partial charge is 0.463 e. The van der Waals surface area contributed by atoms with E-state index in [1.807, 2.05) is 32.0 Å². The summed E-state index contributed by atoms with van der Waals surface area (Å²) in [5.74, 6) is -0.356. The Bertz CT molecular complexity index is 764. The molecule has 152 valence electrons. The molecule has 1 fully saturated rings. The summed E-state index contributed by atoms with van der Waals surface area (Å²) in [4.78, 5) is 26.8. The summed E-state index contributed by atoms with van der Waals surface area (Å²) in [6, 6.07) is 5.36. The highest BCUT2D eigenvalue weighted by molar-refractivity contribution is 5.95. The van der Waals surface area contributed by atoms with Crippen LogP contribution in [0.3, 0.4) is 0 Å². The quantitative estimate of drug-likeness (QED) is 0.677. The van der Waals surface area contributed by atoms with Crippen LogP contribution in [0.2, 0.25) is 0 Å². The molecule has 2 aliphatic rings. The monoisotopic (exact) mass is 386 g/mol. The zero-order chi connectivity index (χ0) is 20.1. The first-order chi connectivity index (χ1) is 13.5. The fraction of sp³-hybridized carbons (Fsp3) is 0.545. The molecule has 3 rings (SSSR count). The molecule has 28 heavy (non-hydrogen) atoms. The van der Waals surface area contributed by atoms with E-state index in [1.54, 1.807) is 6.92 Å². The summed E-state index contributed by atoms with van der Waals surface area (Å²) < 4.78 is 5.39. The first-order valence-corrected chi connectivity index (χ1v) is 10.4. The van der Waals surface area contributed by atoms with Crippen molar-refractivity contribution in [2.24, 2.45) is 0 Å². The number of benzene rings is 1. The van der Waals surface area contributed by atoms with Crippen LogP contribution in [0.25, 0.3) is 0 Å². The Kier molecular flexibility index (Phi) is 6.73. The molecule has 1 atom stereocenters. The van der Waals surface area contributed by atoms with E-state index in [4.69, 9.17) is 4.74 Å². The molecule has 0 bridgehead atoms. The number of hydrogen-bond donors (Lipinski definition) is 3. The standard InChI is InChI=1S/C22H31N3O3/c1-4-28-21(26)19-18(14-25-11-7-5-6-8-12-25)23-22(27)24-20(19)17-13-15(2)9-10-16(17)3/h9-10,13,20H,4-8,11-12,14H2,1-3H3,(H2,23,24,27)/p+1/t20-/m1/s1. The number of carbonyl (C=O) groups excluding carboxylic acids is 2. The molecule has 1 aromatic rings. The lowest BCUT2D eigenvalue weighted by Crippen LogP contribution is -3.12. The van der Waals surface area contributed by atoms with Gasteiger partial charge in [0.25, 0.3) is 0 Å². The van der Waals surface area contributed by atoms with E-state index < -0.39 is 6.04 Å². The molecular formula is C22H32N3O3+. The van der Waals surface area contributed by atoms with Gasteiger partial charge in [0.2, 0.25) is 0 Å². The summed E-state index contributed by atoms with van der Waals surface area (Å²) in [7, 11) is 0. The number of aryl methyl sites for hydroxylation is 2. The van der Waals surface area contributed by atoms with Gasteiger partial charge in [-0.3, -0.25) is 0 Å². The average Bonchev–Trinajstić information content (AvgIpc) is 2.92. The lowest BCUT2D eigenvalue weighted by atomic mass is 9.91. The summed E-state index contributed by atoms with van der Waals surface area (Å²) in [5, 5.41) is 5.87. The third-order valence-corrected chi connectivity index (χ3v) is 5.63. The number of ether oxygens (including phenoxy) is 1. The molecule has 1 aromatic carbocycles. The predicted octanol–water partition coefficient (Wildman–Crippen LogP) is 1.93. The van der Waals surface area contributed by atoms with Crippen LogP contribution >= 0.6 is 0 Å². The lowest BCUT2D eigenvalue weighted by Gasteiger charge is -2.31. The topological polar surface area (TPSA) is 71.9 Å². The van der Waals surface area contributed by atoms with E-state index in [1.165, 1.54) is 30.6 Å². The van der Waals surface area contributed by atoms with Crippen LogP contribution in [0.5, 0.6) is 0 Å². The second kappa shape index (κ2) is 9.24. The first kappa shape index (κ1) is 20.4. The fourth-order valence-corrected chi connectivity index (χ4v) is 4.17. The van der Waals surface area contributed by atoms with E-state index in [2.05, 4.69) is 10.6 Å². The van der Waals surface area contributed by atoms with E-state index >= 15 is 0 Å². The summed E-state index contributed by atoms with van der Waals surface area (Å²) in [5.41, 5.74) is 4.32. The van der Waals surface area contributed by atoms with Crippen molar-refractivity contribution >= 4 is 12.0 Å². The molecular weight excluding hydrogens is 354 g/mol. The van der Waals surface area contributed by atoms with Crippen molar-refractivity contribution in [1.82, 2.24) is 10.6 Å². The van der Waals surface area contributed by atoms with E-state index in [-0.39, 0.29) is 12.0 Å². The van der Waals surface area contributed by atoms with Gasteiger partial charge in [-0.15, -0.1) is 0 Å². The van der Waals surface area contributed by atoms with Gasteiger partial charge in [-0.05, 0) is 57.6 Å². The highest BCUT2D eigenvalue weighted by Gasteiger charge is 2.36. The van der Waals surface area contributed by atoms with Crippen LogP contribution in [0, 0.1) is 13.8 Å². The van der Waals surface area contributed by atoms with Crippen LogP contribution in [0.4, 0.5) is 4.79 Å². The smallest absolute Gasteiger partial charge is 0.338 e. The van der Waals surface area contributed by atoms with Crippen molar-refractivity contribution in [2.75, 3.05) is 26.2 Å². The van der Waals surface area contributed by atoms with Gasteiger partial charge >= 0.3 is 12.0 Å². The molecule has 0 spiro atoms. The molecule has 6 nitrogen and oxygen atoms in total. The van der Waals surface area contributed by atoms with Crippen LogP contribution in [0.15, 0.2) is 29.5 Å².